The molecule has 2 fully saturated rings. The third-order valence-corrected chi connectivity index (χ3v) is 7.87. The van der Waals surface area contributed by atoms with Crippen molar-refractivity contribution < 1.29 is 9.59 Å². The summed E-state index contributed by atoms with van der Waals surface area (Å²) in [5.74, 6) is 0.0640. The number of piperazine rings is 1. The van der Waals surface area contributed by atoms with Gasteiger partial charge in [-0.1, -0.05) is 80.3 Å². The van der Waals surface area contributed by atoms with Gasteiger partial charge >= 0.3 is 0 Å². The molecular formula is C28H35N3O2. The van der Waals surface area contributed by atoms with Crippen LogP contribution in [0.4, 0.5) is 0 Å². The van der Waals surface area contributed by atoms with Gasteiger partial charge in [-0.15, -0.1) is 0 Å². The van der Waals surface area contributed by atoms with E-state index in [0.717, 1.165) is 24.9 Å². The maximum atomic E-state index is 13.9. The van der Waals surface area contributed by atoms with E-state index in [-0.39, 0.29) is 23.9 Å². The van der Waals surface area contributed by atoms with Crippen molar-refractivity contribution in [3.8, 4) is 0 Å². The molecule has 1 aliphatic carbocycles. The molecule has 2 heterocycles. The number of carbonyl (C=O) groups excluding carboxylic acids is 2. The Balaban J connectivity index is 1.45. The Kier molecular flexibility index (Phi) is 6.24. The Morgan fingerprint density at radius 2 is 1.64 bits per heavy atom. The van der Waals surface area contributed by atoms with Crippen LogP contribution >= 0.6 is 0 Å². The molecule has 0 spiro atoms. The number of nitrogens with zero attached hydrogens (tertiary/aromatic N) is 2. The van der Waals surface area contributed by atoms with Crippen LogP contribution in [0.1, 0.15) is 62.1 Å². The average Bonchev–Trinajstić information content (AvgIpc) is 3.10. The van der Waals surface area contributed by atoms with E-state index < -0.39 is 5.54 Å². The van der Waals surface area contributed by atoms with Crippen molar-refractivity contribution in [3.05, 3.63) is 71.3 Å². The van der Waals surface area contributed by atoms with E-state index >= 15 is 0 Å². The summed E-state index contributed by atoms with van der Waals surface area (Å²) in [6.07, 6.45) is 7.61. The molecular weight excluding hydrogens is 410 g/mol. The second-order valence-electron chi connectivity index (χ2n) is 10.2. The van der Waals surface area contributed by atoms with Gasteiger partial charge in [-0.05, 0) is 42.9 Å². The first-order valence-corrected chi connectivity index (χ1v) is 12.5. The molecule has 2 aromatic rings. The Labute approximate surface area is 197 Å². The molecule has 0 aromatic heterocycles. The van der Waals surface area contributed by atoms with Crippen molar-refractivity contribution in [2.45, 2.75) is 82.6 Å². The minimum atomic E-state index is -0.901. The minimum Gasteiger partial charge on any atom is -0.351 e. The van der Waals surface area contributed by atoms with E-state index in [9.17, 15) is 9.59 Å². The lowest BCUT2D eigenvalue weighted by atomic mass is 9.84. The second-order valence-corrected chi connectivity index (χ2v) is 10.2. The van der Waals surface area contributed by atoms with E-state index in [0.29, 0.717) is 19.5 Å². The summed E-state index contributed by atoms with van der Waals surface area (Å²) in [6.45, 7) is 3.71. The fourth-order valence-corrected chi connectivity index (χ4v) is 5.87. The zero-order valence-corrected chi connectivity index (χ0v) is 19.6. The zero-order chi connectivity index (χ0) is 22.8. The molecule has 1 N–H and O–H groups in total. The van der Waals surface area contributed by atoms with Crippen LogP contribution in [0.2, 0.25) is 0 Å². The summed E-state index contributed by atoms with van der Waals surface area (Å²) in [7, 11) is 0. The molecule has 5 heteroatoms. The number of fused-ring (bicyclic) bond motifs is 2. The molecule has 174 valence electrons. The zero-order valence-electron chi connectivity index (χ0n) is 19.6. The van der Waals surface area contributed by atoms with Gasteiger partial charge in [0.15, 0.2) is 0 Å². The van der Waals surface area contributed by atoms with Crippen LogP contribution in [0.5, 0.6) is 0 Å². The Hall–Kier alpha value is -2.66. The smallest absolute Gasteiger partial charge is 0.247 e. The third kappa shape index (κ3) is 4.43. The largest absolute Gasteiger partial charge is 0.351 e. The fourth-order valence-electron chi connectivity index (χ4n) is 5.87. The van der Waals surface area contributed by atoms with Crippen LogP contribution in [0, 0.1) is 0 Å². The highest BCUT2D eigenvalue weighted by atomic mass is 16.2. The molecule has 2 unspecified atom stereocenters. The fraction of sp³-hybridized carbons (Fsp3) is 0.500. The van der Waals surface area contributed by atoms with E-state index in [1.165, 1.54) is 36.8 Å². The van der Waals surface area contributed by atoms with Crippen molar-refractivity contribution in [3.63, 3.8) is 0 Å². The quantitative estimate of drug-likeness (QED) is 0.723. The first-order valence-electron chi connectivity index (χ1n) is 12.5. The van der Waals surface area contributed by atoms with Crippen LogP contribution in [-0.2, 0) is 29.1 Å². The lowest BCUT2D eigenvalue weighted by Crippen LogP contribution is -2.72. The van der Waals surface area contributed by atoms with Gasteiger partial charge in [0.05, 0.1) is 6.04 Å². The summed E-state index contributed by atoms with van der Waals surface area (Å²) in [5.41, 5.74) is 2.68. The van der Waals surface area contributed by atoms with Gasteiger partial charge < -0.3 is 10.2 Å². The predicted octanol–water partition coefficient (Wildman–Crippen LogP) is 4.05. The number of rotatable bonds is 4. The Morgan fingerprint density at radius 3 is 2.36 bits per heavy atom. The van der Waals surface area contributed by atoms with Crippen molar-refractivity contribution in [1.29, 1.82) is 0 Å². The predicted molar refractivity (Wildman–Crippen MR) is 129 cm³/mol. The summed E-state index contributed by atoms with van der Waals surface area (Å²) in [5, 5.41) is 3.36. The number of hydrogen-bond acceptors (Lipinski definition) is 3. The third-order valence-electron chi connectivity index (χ3n) is 7.87. The summed E-state index contributed by atoms with van der Waals surface area (Å²) in [4.78, 5) is 31.9. The summed E-state index contributed by atoms with van der Waals surface area (Å²) >= 11 is 0. The van der Waals surface area contributed by atoms with Gasteiger partial charge in [0.2, 0.25) is 11.8 Å². The lowest BCUT2D eigenvalue weighted by molar-refractivity contribution is -0.163. The molecule has 1 saturated carbocycles. The average molecular weight is 446 g/mol. The van der Waals surface area contributed by atoms with Gasteiger partial charge in [-0.3, -0.25) is 14.5 Å². The van der Waals surface area contributed by atoms with E-state index in [1.54, 1.807) is 0 Å². The van der Waals surface area contributed by atoms with Crippen LogP contribution in [0.15, 0.2) is 54.6 Å². The second kappa shape index (κ2) is 9.30. The Morgan fingerprint density at radius 1 is 0.970 bits per heavy atom. The molecule has 2 amide bonds. The van der Waals surface area contributed by atoms with E-state index in [4.69, 9.17) is 0 Å². The van der Waals surface area contributed by atoms with Gasteiger partial charge in [0.1, 0.15) is 5.54 Å². The van der Waals surface area contributed by atoms with E-state index in [2.05, 4.69) is 28.4 Å². The maximum Gasteiger partial charge on any atom is 0.247 e. The summed E-state index contributed by atoms with van der Waals surface area (Å²) < 4.78 is 0. The molecule has 1 saturated heterocycles. The number of nitrogens with one attached hydrogen (secondary N) is 1. The van der Waals surface area contributed by atoms with Crippen molar-refractivity contribution in [2.24, 2.45) is 0 Å². The number of amides is 2. The SMILES string of the molecule is CC1(C(=O)NC2CCCCCC2)CN2Cc3ccccc3CC2C(=O)N1Cc1ccccc1. The van der Waals surface area contributed by atoms with Crippen molar-refractivity contribution >= 4 is 11.8 Å². The summed E-state index contributed by atoms with van der Waals surface area (Å²) in [6, 6.07) is 18.5. The van der Waals surface area contributed by atoms with Crippen LogP contribution < -0.4 is 5.32 Å². The molecule has 33 heavy (non-hydrogen) atoms. The van der Waals surface area contributed by atoms with E-state index in [1.807, 2.05) is 48.2 Å². The molecule has 2 aromatic carbocycles. The van der Waals surface area contributed by atoms with Gasteiger partial charge in [-0.2, -0.15) is 0 Å². The van der Waals surface area contributed by atoms with Crippen molar-refractivity contribution in [1.82, 2.24) is 15.1 Å². The van der Waals surface area contributed by atoms with Crippen molar-refractivity contribution in [2.75, 3.05) is 6.54 Å². The Bertz CT molecular complexity index is 999. The van der Waals surface area contributed by atoms with Crippen LogP contribution in [0.25, 0.3) is 0 Å². The molecule has 2 atom stereocenters. The highest BCUT2D eigenvalue weighted by Gasteiger charge is 2.52. The minimum absolute atomic E-state index is 0.00371. The van der Waals surface area contributed by atoms with Gasteiger partial charge in [0.25, 0.3) is 0 Å². The number of hydrogen-bond donors (Lipinski definition) is 1. The number of carbonyl (C=O) groups is 2. The number of benzene rings is 2. The molecule has 0 radical (unpaired) electrons. The maximum absolute atomic E-state index is 13.9. The molecule has 0 bridgehead atoms. The standard InChI is InChI=1S/C28H35N3O2/c1-28(27(33)29-24-15-7-2-3-8-16-24)20-30-19-23-14-10-9-13-22(23)17-25(30)26(32)31(28)18-21-11-5-4-6-12-21/h4-6,9-14,24-25H,2-3,7-8,15-20H2,1H3,(H,29,33). The normalized spacial score (nSPS) is 26.3. The molecule has 5 rings (SSSR count). The first-order chi connectivity index (χ1) is 16.0. The lowest BCUT2D eigenvalue weighted by Gasteiger charge is -2.52. The monoisotopic (exact) mass is 445 g/mol. The highest BCUT2D eigenvalue weighted by molar-refractivity contribution is 5.95. The topological polar surface area (TPSA) is 52.7 Å². The molecule has 3 aliphatic rings. The molecule has 5 nitrogen and oxygen atoms in total. The van der Waals surface area contributed by atoms with Crippen LogP contribution in [-0.4, -0.2) is 45.8 Å². The van der Waals surface area contributed by atoms with Gasteiger partial charge in [-0.25, -0.2) is 0 Å². The molecule has 2 aliphatic heterocycles. The highest BCUT2D eigenvalue weighted by Crippen LogP contribution is 2.34. The van der Waals surface area contributed by atoms with Gasteiger partial charge in [0, 0.05) is 25.7 Å². The van der Waals surface area contributed by atoms with Crippen LogP contribution in [0.3, 0.4) is 0 Å². The first kappa shape index (κ1) is 22.1.